The SMILES string of the molecule is CCn1cc(CSC)c2cccc(Br)c21. The van der Waals surface area contributed by atoms with Gasteiger partial charge in [-0.25, -0.2) is 0 Å². The quantitative estimate of drug-likeness (QED) is 0.814. The number of para-hydroxylation sites is 1. The molecular formula is C12H14BrNS. The highest BCUT2D eigenvalue weighted by molar-refractivity contribution is 9.10. The predicted octanol–water partition coefficient (Wildman–Crippen LogP) is 4.29. The fourth-order valence-electron chi connectivity index (χ4n) is 1.91. The number of thioether (sulfide) groups is 1. The molecule has 0 atom stereocenters. The van der Waals surface area contributed by atoms with E-state index in [1.165, 1.54) is 20.9 Å². The number of benzene rings is 1. The summed E-state index contributed by atoms with van der Waals surface area (Å²) in [6.07, 6.45) is 4.42. The number of aryl methyl sites for hydroxylation is 1. The van der Waals surface area contributed by atoms with Crippen LogP contribution in [0.5, 0.6) is 0 Å². The van der Waals surface area contributed by atoms with E-state index < -0.39 is 0 Å². The zero-order valence-corrected chi connectivity index (χ0v) is 11.4. The van der Waals surface area contributed by atoms with Crippen LogP contribution in [0, 0.1) is 0 Å². The molecule has 0 aliphatic rings. The summed E-state index contributed by atoms with van der Waals surface area (Å²) in [6.45, 7) is 3.20. The Morgan fingerprint density at radius 3 is 2.87 bits per heavy atom. The lowest BCUT2D eigenvalue weighted by Crippen LogP contribution is -1.90. The van der Waals surface area contributed by atoms with E-state index in [2.05, 4.69) is 58.1 Å². The standard InChI is InChI=1S/C12H14BrNS/c1-3-14-7-9(8-15-2)10-5-4-6-11(13)12(10)14/h4-7H,3,8H2,1-2H3. The third kappa shape index (κ3) is 1.95. The van der Waals surface area contributed by atoms with Crippen LogP contribution < -0.4 is 0 Å². The zero-order valence-electron chi connectivity index (χ0n) is 8.96. The van der Waals surface area contributed by atoms with Gasteiger partial charge in [0, 0.05) is 28.4 Å². The molecule has 80 valence electrons. The van der Waals surface area contributed by atoms with Crippen LogP contribution in [0.15, 0.2) is 28.9 Å². The molecule has 0 N–H and O–H groups in total. The van der Waals surface area contributed by atoms with Gasteiger partial charge in [-0.15, -0.1) is 0 Å². The monoisotopic (exact) mass is 283 g/mol. The number of hydrogen-bond acceptors (Lipinski definition) is 1. The summed E-state index contributed by atoms with van der Waals surface area (Å²) in [5.74, 6) is 1.08. The van der Waals surface area contributed by atoms with Gasteiger partial charge in [0.2, 0.25) is 0 Å². The lowest BCUT2D eigenvalue weighted by molar-refractivity contribution is 0.793. The Bertz CT molecular complexity index is 476. The van der Waals surface area contributed by atoms with Crippen molar-refractivity contribution in [3.8, 4) is 0 Å². The minimum absolute atomic E-state index is 1.02. The predicted molar refractivity (Wildman–Crippen MR) is 72.5 cm³/mol. The first kappa shape index (κ1) is 11.1. The molecule has 1 aromatic heterocycles. The van der Waals surface area contributed by atoms with Gasteiger partial charge in [0.15, 0.2) is 0 Å². The smallest absolute Gasteiger partial charge is 0.0627 e. The topological polar surface area (TPSA) is 4.93 Å². The lowest BCUT2D eigenvalue weighted by atomic mass is 10.2. The van der Waals surface area contributed by atoms with E-state index in [-0.39, 0.29) is 0 Å². The number of rotatable bonds is 3. The van der Waals surface area contributed by atoms with Crippen LogP contribution in [0.3, 0.4) is 0 Å². The summed E-state index contributed by atoms with van der Waals surface area (Å²) in [5, 5.41) is 1.38. The van der Waals surface area contributed by atoms with Crippen molar-refractivity contribution in [1.29, 1.82) is 0 Å². The second kappa shape index (κ2) is 4.62. The van der Waals surface area contributed by atoms with Crippen LogP contribution in [0.2, 0.25) is 0 Å². The van der Waals surface area contributed by atoms with Gasteiger partial charge in [0.1, 0.15) is 0 Å². The first-order valence-electron chi connectivity index (χ1n) is 5.03. The van der Waals surface area contributed by atoms with Crippen LogP contribution in [0.1, 0.15) is 12.5 Å². The van der Waals surface area contributed by atoms with Crippen LogP contribution >= 0.6 is 27.7 Å². The summed E-state index contributed by atoms with van der Waals surface area (Å²) in [5.41, 5.74) is 2.75. The van der Waals surface area contributed by atoms with Crippen molar-refractivity contribution in [1.82, 2.24) is 4.57 Å². The second-order valence-corrected chi connectivity index (χ2v) is 5.23. The van der Waals surface area contributed by atoms with E-state index in [0.717, 1.165) is 12.3 Å². The molecule has 2 aromatic rings. The van der Waals surface area contributed by atoms with E-state index in [1.807, 2.05) is 11.8 Å². The third-order valence-electron chi connectivity index (χ3n) is 2.57. The van der Waals surface area contributed by atoms with E-state index in [4.69, 9.17) is 0 Å². The van der Waals surface area contributed by atoms with Gasteiger partial charge < -0.3 is 4.57 Å². The van der Waals surface area contributed by atoms with Crippen molar-refractivity contribution in [2.75, 3.05) is 6.26 Å². The molecule has 0 saturated carbocycles. The number of nitrogens with zero attached hydrogens (tertiary/aromatic N) is 1. The van der Waals surface area contributed by atoms with Crippen LogP contribution in [-0.4, -0.2) is 10.8 Å². The van der Waals surface area contributed by atoms with Crippen molar-refractivity contribution < 1.29 is 0 Å². The number of fused-ring (bicyclic) bond motifs is 1. The van der Waals surface area contributed by atoms with Gasteiger partial charge in [-0.05, 0) is 40.7 Å². The summed E-state index contributed by atoms with van der Waals surface area (Å²) in [4.78, 5) is 0. The number of halogens is 1. The van der Waals surface area contributed by atoms with Gasteiger partial charge in [-0.2, -0.15) is 11.8 Å². The maximum Gasteiger partial charge on any atom is 0.0627 e. The molecule has 0 fully saturated rings. The van der Waals surface area contributed by atoms with E-state index in [9.17, 15) is 0 Å². The van der Waals surface area contributed by atoms with E-state index >= 15 is 0 Å². The molecule has 2 rings (SSSR count). The lowest BCUT2D eigenvalue weighted by Gasteiger charge is -2.01. The average molecular weight is 284 g/mol. The second-order valence-electron chi connectivity index (χ2n) is 3.51. The minimum atomic E-state index is 1.02. The zero-order chi connectivity index (χ0) is 10.8. The van der Waals surface area contributed by atoms with Crippen molar-refractivity contribution in [2.45, 2.75) is 19.2 Å². The highest BCUT2D eigenvalue weighted by atomic mass is 79.9. The molecule has 0 aliphatic carbocycles. The molecule has 0 radical (unpaired) electrons. The third-order valence-corrected chi connectivity index (χ3v) is 3.81. The Labute approximate surface area is 103 Å². The van der Waals surface area contributed by atoms with Crippen molar-refractivity contribution in [3.05, 3.63) is 34.4 Å². The van der Waals surface area contributed by atoms with E-state index in [0.29, 0.717) is 0 Å². The van der Waals surface area contributed by atoms with Gasteiger partial charge in [-0.3, -0.25) is 0 Å². The Kier molecular flexibility index (Phi) is 3.42. The molecule has 0 unspecified atom stereocenters. The molecule has 1 heterocycles. The summed E-state index contributed by atoms with van der Waals surface area (Å²) in [7, 11) is 0. The fourth-order valence-corrected chi connectivity index (χ4v) is 3.04. The Hall–Kier alpha value is -0.410. The van der Waals surface area contributed by atoms with Crippen molar-refractivity contribution in [2.24, 2.45) is 0 Å². The van der Waals surface area contributed by atoms with Gasteiger partial charge >= 0.3 is 0 Å². The largest absolute Gasteiger partial charge is 0.347 e. The summed E-state index contributed by atoms with van der Waals surface area (Å²) >= 11 is 5.50. The first-order valence-corrected chi connectivity index (χ1v) is 7.21. The van der Waals surface area contributed by atoms with Gasteiger partial charge in [-0.1, -0.05) is 12.1 Å². The minimum Gasteiger partial charge on any atom is -0.347 e. The molecule has 0 bridgehead atoms. The maximum absolute atomic E-state index is 3.63. The molecule has 0 amide bonds. The summed E-state index contributed by atoms with van der Waals surface area (Å²) < 4.78 is 3.50. The summed E-state index contributed by atoms with van der Waals surface area (Å²) in [6, 6.07) is 6.42. The van der Waals surface area contributed by atoms with Crippen molar-refractivity contribution >= 4 is 38.6 Å². The Morgan fingerprint density at radius 1 is 1.40 bits per heavy atom. The number of hydrogen-bond donors (Lipinski definition) is 0. The fraction of sp³-hybridized carbons (Fsp3) is 0.333. The average Bonchev–Trinajstić information content (AvgIpc) is 2.59. The molecule has 1 aromatic carbocycles. The first-order chi connectivity index (χ1) is 7.27. The molecule has 15 heavy (non-hydrogen) atoms. The van der Waals surface area contributed by atoms with Gasteiger partial charge in [0.05, 0.1) is 5.52 Å². The highest BCUT2D eigenvalue weighted by Crippen LogP contribution is 2.29. The van der Waals surface area contributed by atoms with Crippen LogP contribution in [0.25, 0.3) is 10.9 Å². The van der Waals surface area contributed by atoms with Crippen molar-refractivity contribution in [3.63, 3.8) is 0 Å². The number of aromatic nitrogens is 1. The molecular weight excluding hydrogens is 270 g/mol. The molecule has 1 nitrogen and oxygen atoms in total. The highest BCUT2D eigenvalue weighted by Gasteiger charge is 2.09. The Morgan fingerprint density at radius 2 is 2.20 bits per heavy atom. The van der Waals surface area contributed by atoms with Crippen LogP contribution in [0.4, 0.5) is 0 Å². The molecule has 0 saturated heterocycles. The molecule has 0 aliphatic heterocycles. The Balaban J connectivity index is 2.69. The normalized spacial score (nSPS) is 11.1. The maximum atomic E-state index is 3.63. The molecule has 3 heteroatoms. The van der Waals surface area contributed by atoms with Gasteiger partial charge in [0.25, 0.3) is 0 Å². The van der Waals surface area contributed by atoms with Crippen LogP contribution in [-0.2, 0) is 12.3 Å². The molecule has 0 spiro atoms. The van der Waals surface area contributed by atoms with E-state index in [1.54, 1.807) is 0 Å².